The molecule has 1 amide bonds. The number of anilines is 1. The number of amides is 1. The van der Waals surface area contributed by atoms with Gasteiger partial charge in [0, 0.05) is 31.6 Å². The van der Waals surface area contributed by atoms with Crippen molar-refractivity contribution >= 4 is 33.4 Å². The first-order valence-electron chi connectivity index (χ1n) is 11.4. The number of para-hydroxylation sites is 1. The highest BCUT2D eigenvalue weighted by Gasteiger charge is 2.25. The molecule has 1 aliphatic rings. The second-order valence-corrected chi connectivity index (χ2v) is 8.43. The Morgan fingerprint density at radius 2 is 1.59 bits per heavy atom. The molecule has 0 radical (unpaired) electrons. The maximum atomic E-state index is 13.1. The predicted molar refractivity (Wildman–Crippen MR) is 131 cm³/mol. The zero-order valence-corrected chi connectivity index (χ0v) is 18.6. The van der Waals surface area contributed by atoms with E-state index in [1.165, 1.54) is 10.8 Å². The van der Waals surface area contributed by atoms with Gasteiger partial charge in [0.05, 0.1) is 18.3 Å². The van der Waals surface area contributed by atoms with E-state index < -0.39 is 0 Å². The summed E-state index contributed by atoms with van der Waals surface area (Å²) < 4.78 is 1.73. The monoisotopic (exact) mass is 449 g/mol. The Balaban J connectivity index is 1.14. The Bertz CT molecular complexity index is 1480. The first-order valence-corrected chi connectivity index (χ1v) is 11.4. The number of rotatable bonds is 4. The summed E-state index contributed by atoms with van der Waals surface area (Å²) in [6.07, 6.45) is 3.35. The topological polar surface area (TPSA) is 80.0 Å². The SMILES string of the molecule is O=C(c1cn(Cc2cccc3ccccc23)nn1)N1CCN(c2ncnc3ccccc23)CC1. The fraction of sp³-hybridized carbons (Fsp3) is 0.192. The van der Waals surface area contributed by atoms with Crippen molar-refractivity contribution in [1.29, 1.82) is 0 Å². The van der Waals surface area contributed by atoms with E-state index in [2.05, 4.69) is 49.4 Å². The summed E-state index contributed by atoms with van der Waals surface area (Å²) in [5.41, 5.74) is 2.45. The highest BCUT2D eigenvalue weighted by molar-refractivity contribution is 5.92. The number of piperazine rings is 1. The Hall–Kier alpha value is -4.33. The minimum Gasteiger partial charge on any atom is -0.352 e. The van der Waals surface area contributed by atoms with Crippen LogP contribution in [-0.2, 0) is 6.54 Å². The lowest BCUT2D eigenvalue weighted by molar-refractivity contribution is 0.0740. The molecule has 1 saturated heterocycles. The quantitative estimate of drug-likeness (QED) is 0.419. The van der Waals surface area contributed by atoms with Crippen LogP contribution in [0.2, 0.25) is 0 Å². The van der Waals surface area contributed by atoms with Crippen molar-refractivity contribution < 1.29 is 4.79 Å². The highest BCUT2D eigenvalue weighted by atomic mass is 16.2. The molecular formula is C26H23N7O. The zero-order chi connectivity index (χ0) is 22.9. The molecule has 5 aromatic rings. The molecule has 8 heteroatoms. The van der Waals surface area contributed by atoms with Gasteiger partial charge in [-0.2, -0.15) is 0 Å². The molecule has 168 valence electrons. The van der Waals surface area contributed by atoms with Crippen molar-refractivity contribution in [2.24, 2.45) is 0 Å². The van der Waals surface area contributed by atoms with Gasteiger partial charge in [0.2, 0.25) is 0 Å². The van der Waals surface area contributed by atoms with Crippen LogP contribution in [0.1, 0.15) is 16.1 Å². The van der Waals surface area contributed by atoms with E-state index in [4.69, 9.17) is 0 Å². The van der Waals surface area contributed by atoms with Crippen LogP contribution >= 0.6 is 0 Å². The number of carbonyl (C=O) groups is 1. The number of aromatic nitrogens is 5. The van der Waals surface area contributed by atoms with Crippen molar-refractivity contribution in [3.63, 3.8) is 0 Å². The van der Waals surface area contributed by atoms with Crippen LogP contribution in [0.4, 0.5) is 5.82 Å². The summed E-state index contributed by atoms with van der Waals surface area (Å²) in [5.74, 6) is 0.829. The molecule has 3 heterocycles. The summed E-state index contributed by atoms with van der Waals surface area (Å²) in [6, 6.07) is 22.5. The predicted octanol–water partition coefficient (Wildman–Crippen LogP) is 3.39. The fourth-order valence-corrected chi connectivity index (χ4v) is 4.60. The lowest BCUT2D eigenvalue weighted by Gasteiger charge is -2.35. The molecule has 34 heavy (non-hydrogen) atoms. The standard InChI is InChI=1S/C26H23N7O/c34-26(24-17-33(30-29-24)16-20-8-5-7-19-6-1-2-9-21(19)20)32-14-12-31(13-15-32)25-22-10-3-4-11-23(22)27-18-28-25/h1-11,17-18H,12-16H2. The molecule has 2 aromatic heterocycles. The van der Waals surface area contributed by atoms with E-state index in [1.807, 2.05) is 47.4 Å². The molecule has 0 aliphatic carbocycles. The first-order chi connectivity index (χ1) is 16.8. The van der Waals surface area contributed by atoms with Crippen LogP contribution < -0.4 is 4.90 Å². The van der Waals surface area contributed by atoms with Crippen molar-refractivity contribution in [3.05, 3.63) is 90.5 Å². The lowest BCUT2D eigenvalue weighted by Crippen LogP contribution is -2.49. The molecule has 3 aromatic carbocycles. The van der Waals surface area contributed by atoms with Gasteiger partial charge < -0.3 is 9.80 Å². The van der Waals surface area contributed by atoms with Gasteiger partial charge in [0.15, 0.2) is 5.69 Å². The van der Waals surface area contributed by atoms with Crippen LogP contribution in [-0.4, -0.2) is 61.9 Å². The minimum absolute atomic E-state index is 0.0867. The molecule has 0 saturated carbocycles. The smallest absolute Gasteiger partial charge is 0.276 e. The number of hydrogen-bond acceptors (Lipinski definition) is 6. The maximum absolute atomic E-state index is 13.1. The van der Waals surface area contributed by atoms with Gasteiger partial charge in [0.1, 0.15) is 12.1 Å². The number of benzene rings is 3. The Labute approximate surface area is 196 Å². The molecule has 0 bridgehead atoms. The zero-order valence-electron chi connectivity index (χ0n) is 18.6. The van der Waals surface area contributed by atoms with Crippen LogP contribution in [0, 0.1) is 0 Å². The van der Waals surface area contributed by atoms with Gasteiger partial charge >= 0.3 is 0 Å². The average molecular weight is 450 g/mol. The largest absolute Gasteiger partial charge is 0.352 e. The molecule has 0 atom stereocenters. The van der Waals surface area contributed by atoms with E-state index in [0.29, 0.717) is 38.4 Å². The van der Waals surface area contributed by atoms with Crippen molar-refractivity contribution in [2.45, 2.75) is 6.54 Å². The second-order valence-electron chi connectivity index (χ2n) is 8.43. The maximum Gasteiger partial charge on any atom is 0.276 e. The average Bonchev–Trinajstić information content (AvgIpc) is 3.37. The summed E-state index contributed by atoms with van der Waals surface area (Å²) >= 11 is 0. The number of nitrogens with zero attached hydrogens (tertiary/aromatic N) is 7. The second kappa shape index (κ2) is 8.55. The molecule has 6 rings (SSSR count). The van der Waals surface area contributed by atoms with E-state index in [9.17, 15) is 4.79 Å². The van der Waals surface area contributed by atoms with Gasteiger partial charge in [-0.3, -0.25) is 4.79 Å². The molecule has 1 aliphatic heterocycles. The molecule has 0 spiro atoms. The number of fused-ring (bicyclic) bond motifs is 2. The van der Waals surface area contributed by atoms with Crippen LogP contribution in [0.15, 0.2) is 79.3 Å². The van der Waals surface area contributed by atoms with Gasteiger partial charge in [0.25, 0.3) is 5.91 Å². The molecule has 8 nitrogen and oxygen atoms in total. The Morgan fingerprint density at radius 1 is 0.824 bits per heavy atom. The Kier molecular flexibility index (Phi) is 5.10. The summed E-state index contributed by atoms with van der Waals surface area (Å²) in [4.78, 5) is 26.0. The Morgan fingerprint density at radius 3 is 2.47 bits per heavy atom. The van der Waals surface area contributed by atoms with E-state index in [0.717, 1.165) is 22.3 Å². The molecule has 0 unspecified atom stereocenters. The van der Waals surface area contributed by atoms with E-state index >= 15 is 0 Å². The highest BCUT2D eigenvalue weighted by Crippen LogP contribution is 2.24. The van der Waals surface area contributed by atoms with Gasteiger partial charge in [-0.1, -0.05) is 59.8 Å². The van der Waals surface area contributed by atoms with Crippen LogP contribution in [0.25, 0.3) is 21.7 Å². The summed E-state index contributed by atoms with van der Waals surface area (Å²) in [7, 11) is 0. The van der Waals surface area contributed by atoms with E-state index in [-0.39, 0.29) is 5.91 Å². The van der Waals surface area contributed by atoms with E-state index in [1.54, 1.807) is 17.2 Å². The van der Waals surface area contributed by atoms with Crippen LogP contribution in [0.5, 0.6) is 0 Å². The summed E-state index contributed by atoms with van der Waals surface area (Å²) in [6.45, 7) is 3.19. The molecular weight excluding hydrogens is 426 g/mol. The third-order valence-corrected chi connectivity index (χ3v) is 6.36. The van der Waals surface area contributed by atoms with Crippen molar-refractivity contribution in [3.8, 4) is 0 Å². The third kappa shape index (κ3) is 3.73. The van der Waals surface area contributed by atoms with Gasteiger partial charge in [-0.15, -0.1) is 5.10 Å². The van der Waals surface area contributed by atoms with Gasteiger partial charge in [-0.05, 0) is 28.5 Å². The fourth-order valence-electron chi connectivity index (χ4n) is 4.60. The minimum atomic E-state index is -0.0867. The lowest BCUT2D eigenvalue weighted by atomic mass is 10.0. The third-order valence-electron chi connectivity index (χ3n) is 6.36. The normalized spacial score (nSPS) is 14.1. The van der Waals surface area contributed by atoms with Gasteiger partial charge in [-0.25, -0.2) is 14.6 Å². The van der Waals surface area contributed by atoms with Crippen molar-refractivity contribution in [1.82, 2.24) is 29.9 Å². The first kappa shape index (κ1) is 20.3. The number of hydrogen-bond donors (Lipinski definition) is 0. The molecule has 0 N–H and O–H groups in total. The van der Waals surface area contributed by atoms with Crippen LogP contribution in [0.3, 0.4) is 0 Å². The summed E-state index contributed by atoms with van der Waals surface area (Å²) in [5, 5.41) is 11.8. The molecule has 1 fully saturated rings. The van der Waals surface area contributed by atoms with Crippen molar-refractivity contribution in [2.75, 3.05) is 31.1 Å². The number of carbonyl (C=O) groups excluding carboxylic acids is 1.